The third-order valence-corrected chi connectivity index (χ3v) is 4.01. The molecule has 2 rings (SSSR count). The second kappa shape index (κ2) is 5.83. The predicted molar refractivity (Wildman–Crippen MR) is 76.8 cm³/mol. The quantitative estimate of drug-likeness (QED) is 0.848. The smallest absolute Gasteiger partial charge is 0.326 e. The Kier molecular flexibility index (Phi) is 4.33. The van der Waals surface area contributed by atoms with Crippen molar-refractivity contribution in [2.45, 2.75) is 44.1 Å². The van der Waals surface area contributed by atoms with E-state index in [4.69, 9.17) is 16.7 Å². The molecule has 0 aliphatic heterocycles. The van der Waals surface area contributed by atoms with Gasteiger partial charge in [0.15, 0.2) is 0 Å². The maximum Gasteiger partial charge on any atom is 0.326 e. The first-order valence-electron chi connectivity index (χ1n) is 6.79. The van der Waals surface area contributed by atoms with Gasteiger partial charge in [-0.15, -0.1) is 0 Å². The number of halogens is 1. The second-order valence-corrected chi connectivity index (χ2v) is 5.68. The van der Waals surface area contributed by atoms with Gasteiger partial charge in [-0.05, 0) is 37.0 Å². The molecule has 1 amide bonds. The fourth-order valence-corrected chi connectivity index (χ4v) is 2.51. The van der Waals surface area contributed by atoms with Gasteiger partial charge < -0.3 is 10.4 Å². The first kappa shape index (κ1) is 14.9. The minimum atomic E-state index is -0.980. The normalized spacial score (nSPS) is 17.3. The van der Waals surface area contributed by atoms with Gasteiger partial charge in [-0.3, -0.25) is 4.79 Å². The SMILES string of the molecule is CCC[C@H](NC(=O)C1(c2ccc(Cl)cc2)CC1)C(=O)O. The summed E-state index contributed by atoms with van der Waals surface area (Å²) in [5.41, 5.74) is 0.339. The van der Waals surface area contributed by atoms with Crippen LogP contribution in [0.1, 0.15) is 38.2 Å². The van der Waals surface area contributed by atoms with Crippen LogP contribution in [0.3, 0.4) is 0 Å². The Morgan fingerprint density at radius 3 is 2.40 bits per heavy atom. The maximum absolute atomic E-state index is 12.4. The molecule has 1 aliphatic carbocycles. The third-order valence-electron chi connectivity index (χ3n) is 3.76. The molecule has 1 aromatic rings. The van der Waals surface area contributed by atoms with E-state index in [0.717, 1.165) is 18.4 Å². The fourth-order valence-electron chi connectivity index (χ4n) is 2.38. The molecule has 1 atom stereocenters. The van der Waals surface area contributed by atoms with Gasteiger partial charge >= 0.3 is 5.97 Å². The zero-order valence-corrected chi connectivity index (χ0v) is 12.1. The Morgan fingerprint density at radius 2 is 1.95 bits per heavy atom. The second-order valence-electron chi connectivity index (χ2n) is 5.24. The molecule has 108 valence electrons. The van der Waals surface area contributed by atoms with Gasteiger partial charge in [-0.1, -0.05) is 37.1 Å². The van der Waals surface area contributed by atoms with E-state index in [1.807, 2.05) is 19.1 Å². The monoisotopic (exact) mass is 295 g/mol. The molecular weight excluding hydrogens is 278 g/mol. The number of rotatable bonds is 6. The highest BCUT2D eigenvalue weighted by Gasteiger charge is 2.51. The summed E-state index contributed by atoms with van der Waals surface area (Å²) >= 11 is 5.85. The predicted octanol–water partition coefficient (Wildman–Crippen LogP) is 2.74. The van der Waals surface area contributed by atoms with Crippen LogP contribution in [0.2, 0.25) is 5.02 Å². The number of carbonyl (C=O) groups is 2. The first-order chi connectivity index (χ1) is 9.49. The summed E-state index contributed by atoms with van der Waals surface area (Å²) in [6, 6.07) is 6.38. The Balaban J connectivity index is 2.12. The highest BCUT2D eigenvalue weighted by atomic mass is 35.5. The van der Waals surface area contributed by atoms with E-state index in [1.165, 1.54) is 0 Å². The van der Waals surface area contributed by atoms with Crippen LogP contribution in [0, 0.1) is 0 Å². The summed E-state index contributed by atoms with van der Waals surface area (Å²) in [6.07, 6.45) is 2.65. The molecule has 1 saturated carbocycles. The third kappa shape index (κ3) is 2.96. The van der Waals surface area contributed by atoms with Crippen LogP contribution in [0.4, 0.5) is 0 Å². The van der Waals surface area contributed by atoms with Crippen molar-refractivity contribution in [3.8, 4) is 0 Å². The molecular formula is C15H18ClNO3. The van der Waals surface area contributed by atoms with Crippen molar-refractivity contribution in [1.82, 2.24) is 5.32 Å². The summed E-state index contributed by atoms with van der Waals surface area (Å²) in [7, 11) is 0. The molecule has 0 spiro atoms. The summed E-state index contributed by atoms with van der Waals surface area (Å²) in [4.78, 5) is 23.5. The largest absolute Gasteiger partial charge is 0.480 e. The number of carboxylic acids is 1. The van der Waals surface area contributed by atoms with E-state index in [1.54, 1.807) is 12.1 Å². The molecule has 0 aromatic heterocycles. The Hall–Kier alpha value is -1.55. The van der Waals surface area contributed by atoms with Gasteiger partial charge in [-0.25, -0.2) is 4.79 Å². The van der Waals surface area contributed by atoms with Crippen LogP contribution >= 0.6 is 11.6 Å². The zero-order valence-electron chi connectivity index (χ0n) is 11.4. The molecule has 1 aliphatic rings. The number of carbonyl (C=O) groups excluding carboxylic acids is 1. The number of nitrogens with one attached hydrogen (secondary N) is 1. The maximum atomic E-state index is 12.4. The lowest BCUT2D eigenvalue weighted by Gasteiger charge is -2.20. The molecule has 2 N–H and O–H groups in total. The van der Waals surface area contributed by atoms with Crippen LogP contribution in [0.5, 0.6) is 0 Å². The van der Waals surface area contributed by atoms with Crippen molar-refractivity contribution in [2.75, 3.05) is 0 Å². The molecule has 0 radical (unpaired) electrons. The van der Waals surface area contributed by atoms with Crippen LogP contribution in [0.15, 0.2) is 24.3 Å². The lowest BCUT2D eigenvalue weighted by Crippen LogP contribution is -2.45. The summed E-state index contributed by atoms with van der Waals surface area (Å²) in [5, 5.41) is 12.4. The van der Waals surface area contributed by atoms with Gasteiger partial charge in [0.1, 0.15) is 6.04 Å². The van der Waals surface area contributed by atoms with Crippen molar-refractivity contribution < 1.29 is 14.7 Å². The van der Waals surface area contributed by atoms with E-state index in [9.17, 15) is 9.59 Å². The van der Waals surface area contributed by atoms with Crippen LogP contribution in [-0.2, 0) is 15.0 Å². The van der Waals surface area contributed by atoms with Gasteiger partial charge in [0.05, 0.1) is 5.41 Å². The van der Waals surface area contributed by atoms with E-state index >= 15 is 0 Å². The molecule has 1 fully saturated rings. The van der Waals surface area contributed by atoms with E-state index < -0.39 is 17.4 Å². The number of hydrogen-bond acceptors (Lipinski definition) is 2. The van der Waals surface area contributed by atoms with E-state index in [0.29, 0.717) is 17.9 Å². The van der Waals surface area contributed by atoms with Crippen molar-refractivity contribution >= 4 is 23.5 Å². The molecule has 4 nitrogen and oxygen atoms in total. The van der Waals surface area contributed by atoms with Crippen LogP contribution in [0.25, 0.3) is 0 Å². The van der Waals surface area contributed by atoms with Gasteiger partial charge in [0.25, 0.3) is 0 Å². The number of benzene rings is 1. The minimum absolute atomic E-state index is 0.194. The Morgan fingerprint density at radius 1 is 1.35 bits per heavy atom. The van der Waals surface area contributed by atoms with Crippen molar-refractivity contribution in [1.29, 1.82) is 0 Å². The highest BCUT2D eigenvalue weighted by Crippen LogP contribution is 2.48. The average molecular weight is 296 g/mol. The molecule has 20 heavy (non-hydrogen) atoms. The van der Waals surface area contributed by atoms with Gasteiger partial charge in [-0.2, -0.15) is 0 Å². The Bertz CT molecular complexity index is 508. The fraction of sp³-hybridized carbons (Fsp3) is 0.467. The lowest BCUT2D eigenvalue weighted by atomic mass is 9.94. The number of aliphatic carboxylic acids is 1. The summed E-state index contributed by atoms with van der Waals surface area (Å²) in [6.45, 7) is 1.90. The topological polar surface area (TPSA) is 66.4 Å². The van der Waals surface area contributed by atoms with Crippen molar-refractivity contribution in [2.24, 2.45) is 0 Å². The first-order valence-corrected chi connectivity index (χ1v) is 7.17. The van der Waals surface area contributed by atoms with Gasteiger partial charge in [0, 0.05) is 5.02 Å². The number of carboxylic acid groups (broad SMARTS) is 1. The van der Waals surface area contributed by atoms with Gasteiger partial charge in [0.2, 0.25) is 5.91 Å². The highest BCUT2D eigenvalue weighted by molar-refractivity contribution is 6.30. The molecule has 5 heteroatoms. The standard InChI is InChI=1S/C15H18ClNO3/c1-2-3-12(13(18)19)17-14(20)15(8-9-15)10-4-6-11(16)7-5-10/h4-7,12H,2-3,8-9H2,1H3,(H,17,20)(H,18,19)/t12-/m0/s1. The molecule has 0 heterocycles. The zero-order chi connectivity index (χ0) is 14.8. The van der Waals surface area contributed by atoms with Crippen molar-refractivity contribution in [3.05, 3.63) is 34.9 Å². The summed E-state index contributed by atoms with van der Waals surface area (Å²) in [5.74, 6) is -1.17. The van der Waals surface area contributed by atoms with Crippen LogP contribution < -0.4 is 5.32 Å². The van der Waals surface area contributed by atoms with Crippen molar-refractivity contribution in [3.63, 3.8) is 0 Å². The molecule has 0 bridgehead atoms. The Labute approximate surface area is 123 Å². The lowest BCUT2D eigenvalue weighted by molar-refractivity contribution is -0.142. The minimum Gasteiger partial charge on any atom is -0.480 e. The molecule has 0 saturated heterocycles. The summed E-state index contributed by atoms with van der Waals surface area (Å²) < 4.78 is 0. The number of hydrogen-bond donors (Lipinski definition) is 2. The van der Waals surface area contributed by atoms with E-state index in [2.05, 4.69) is 5.32 Å². The molecule has 1 aromatic carbocycles. The molecule has 0 unspecified atom stereocenters. The number of amides is 1. The average Bonchev–Trinajstić information content (AvgIpc) is 3.20. The van der Waals surface area contributed by atoms with Crippen LogP contribution in [-0.4, -0.2) is 23.0 Å². The van der Waals surface area contributed by atoms with E-state index in [-0.39, 0.29) is 5.91 Å².